The highest BCUT2D eigenvalue weighted by atomic mass is 127. The Morgan fingerprint density at radius 2 is 2.00 bits per heavy atom. The van der Waals surface area contributed by atoms with Crippen LogP contribution in [0.15, 0.2) is 46.9 Å². The van der Waals surface area contributed by atoms with Gasteiger partial charge in [-0.1, -0.05) is 45.7 Å². The van der Waals surface area contributed by atoms with Crippen LogP contribution in [0.4, 0.5) is 0 Å². The van der Waals surface area contributed by atoms with E-state index in [0.717, 1.165) is 13.6 Å². The van der Waals surface area contributed by atoms with Crippen LogP contribution in [0, 0.1) is 3.57 Å². The van der Waals surface area contributed by atoms with E-state index in [1.54, 1.807) is 4.90 Å². The number of halogens is 3. The Morgan fingerprint density at radius 3 is 2.67 bits per heavy atom. The van der Waals surface area contributed by atoms with Gasteiger partial charge in [0.05, 0.1) is 5.56 Å². The minimum atomic E-state index is 0.0168. The summed E-state index contributed by atoms with van der Waals surface area (Å²) in [5.74, 6) is 0.0168. The Hall–Kier alpha value is -0.590. The molecule has 0 aliphatic rings. The predicted molar refractivity (Wildman–Crippen MR) is 98.7 cm³/mol. The molecule has 0 atom stereocenters. The van der Waals surface area contributed by atoms with Crippen LogP contribution in [0.3, 0.4) is 0 Å². The molecule has 0 aromatic heterocycles. The quantitative estimate of drug-likeness (QED) is 0.541. The molecule has 0 radical (unpaired) electrons. The van der Waals surface area contributed by atoms with Crippen molar-refractivity contribution in [2.45, 2.75) is 13.5 Å². The third-order valence-electron chi connectivity index (χ3n) is 3.15. The molecule has 0 heterocycles. The van der Waals surface area contributed by atoms with E-state index in [4.69, 9.17) is 11.6 Å². The van der Waals surface area contributed by atoms with E-state index in [1.165, 1.54) is 0 Å². The number of hydrogen-bond acceptors (Lipinski definition) is 1. The zero-order chi connectivity index (χ0) is 15.4. The molecule has 21 heavy (non-hydrogen) atoms. The molecule has 5 heteroatoms. The van der Waals surface area contributed by atoms with Gasteiger partial charge in [-0.25, -0.2) is 0 Å². The van der Waals surface area contributed by atoms with Crippen molar-refractivity contribution >= 4 is 56.0 Å². The van der Waals surface area contributed by atoms with Crippen molar-refractivity contribution in [2.75, 3.05) is 6.54 Å². The molecule has 2 aromatic carbocycles. The largest absolute Gasteiger partial charge is 0.335 e. The number of benzene rings is 2. The Balaban J connectivity index is 2.27. The number of carbonyl (C=O) groups is 1. The topological polar surface area (TPSA) is 20.3 Å². The monoisotopic (exact) mass is 477 g/mol. The smallest absolute Gasteiger partial charge is 0.255 e. The fraction of sp³-hybridized carbons (Fsp3) is 0.188. The first-order valence-corrected chi connectivity index (χ1v) is 8.75. The van der Waals surface area contributed by atoms with Gasteiger partial charge in [-0.2, -0.15) is 0 Å². The fourth-order valence-corrected chi connectivity index (χ4v) is 3.11. The van der Waals surface area contributed by atoms with Crippen LogP contribution in [0.2, 0.25) is 5.02 Å². The van der Waals surface area contributed by atoms with Crippen molar-refractivity contribution in [2.24, 2.45) is 0 Å². The second kappa shape index (κ2) is 7.61. The third kappa shape index (κ3) is 4.20. The van der Waals surface area contributed by atoms with E-state index in [0.29, 0.717) is 23.7 Å². The first-order valence-electron chi connectivity index (χ1n) is 6.50. The van der Waals surface area contributed by atoms with E-state index < -0.39 is 0 Å². The molecular formula is C16H14BrClINO. The molecule has 0 saturated heterocycles. The molecule has 0 bridgehead atoms. The minimum absolute atomic E-state index is 0.0168. The highest BCUT2D eigenvalue weighted by molar-refractivity contribution is 14.1. The molecule has 0 aliphatic heterocycles. The Bertz CT molecular complexity index is 662. The zero-order valence-electron chi connectivity index (χ0n) is 11.4. The summed E-state index contributed by atoms with van der Waals surface area (Å²) < 4.78 is 1.85. The van der Waals surface area contributed by atoms with Crippen LogP contribution >= 0.6 is 50.1 Å². The maximum atomic E-state index is 12.7. The second-order valence-corrected chi connectivity index (χ2v) is 7.02. The lowest BCUT2D eigenvalue weighted by Crippen LogP contribution is -2.31. The lowest BCUT2D eigenvalue weighted by molar-refractivity contribution is 0.0751. The first kappa shape index (κ1) is 16.8. The average molecular weight is 479 g/mol. The summed E-state index contributed by atoms with van der Waals surface area (Å²) >= 11 is 11.8. The molecule has 2 aromatic rings. The minimum Gasteiger partial charge on any atom is -0.335 e. The van der Waals surface area contributed by atoms with Gasteiger partial charge in [0.25, 0.3) is 5.91 Å². The molecule has 2 nitrogen and oxygen atoms in total. The summed E-state index contributed by atoms with van der Waals surface area (Å²) in [6, 6.07) is 13.3. The molecule has 0 unspecified atom stereocenters. The van der Waals surface area contributed by atoms with Gasteiger partial charge in [-0.05, 0) is 59.3 Å². The first-order chi connectivity index (χ1) is 10.0. The van der Waals surface area contributed by atoms with Crippen molar-refractivity contribution in [1.82, 2.24) is 4.90 Å². The van der Waals surface area contributed by atoms with Crippen molar-refractivity contribution in [3.05, 3.63) is 66.7 Å². The van der Waals surface area contributed by atoms with E-state index >= 15 is 0 Å². The van der Waals surface area contributed by atoms with Crippen LogP contribution in [0.5, 0.6) is 0 Å². The van der Waals surface area contributed by atoms with Crippen molar-refractivity contribution in [1.29, 1.82) is 0 Å². The third-order valence-corrected chi connectivity index (χ3v) is 4.95. The molecule has 0 fully saturated rings. The standard InChI is InChI=1S/C16H14BrClINO/c1-2-20(10-11-5-3-4-6-14(11)18)16(21)13-9-12(17)7-8-15(13)19/h3-9H,2,10H2,1H3. The van der Waals surface area contributed by atoms with Crippen LogP contribution < -0.4 is 0 Å². The lowest BCUT2D eigenvalue weighted by Gasteiger charge is -2.22. The normalized spacial score (nSPS) is 10.5. The average Bonchev–Trinajstić information content (AvgIpc) is 2.48. The fourth-order valence-electron chi connectivity index (χ4n) is 1.99. The number of hydrogen-bond donors (Lipinski definition) is 0. The number of nitrogens with zero attached hydrogens (tertiary/aromatic N) is 1. The highest BCUT2D eigenvalue weighted by Crippen LogP contribution is 2.22. The summed E-state index contributed by atoms with van der Waals surface area (Å²) in [4.78, 5) is 14.5. The maximum absolute atomic E-state index is 12.7. The predicted octanol–water partition coefficient (Wildman–Crippen LogP) is 5.37. The van der Waals surface area contributed by atoms with Crippen molar-refractivity contribution in [3.8, 4) is 0 Å². The summed E-state index contributed by atoms with van der Waals surface area (Å²) in [5.41, 5.74) is 1.67. The van der Waals surface area contributed by atoms with E-state index in [9.17, 15) is 4.79 Å². The number of rotatable bonds is 4. The van der Waals surface area contributed by atoms with Gasteiger partial charge in [-0.3, -0.25) is 4.79 Å². The van der Waals surface area contributed by atoms with Crippen LogP contribution in [-0.2, 0) is 6.54 Å². The summed E-state index contributed by atoms with van der Waals surface area (Å²) in [7, 11) is 0. The van der Waals surface area contributed by atoms with Crippen LogP contribution in [0.1, 0.15) is 22.8 Å². The molecule has 1 amide bonds. The maximum Gasteiger partial charge on any atom is 0.255 e. The Kier molecular flexibility index (Phi) is 6.08. The van der Waals surface area contributed by atoms with Gasteiger partial charge in [0.15, 0.2) is 0 Å². The molecule has 0 N–H and O–H groups in total. The van der Waals surface area contributed by atoms with E-state index in [2.05, 4.69) is 38.5 Å². The van der Waals surface area contributed by atoms with Crippen LogP contribution in [-0.4, -0.2) is 17.4 Å². The second-order valence-electron chi connectivity index (χ2n) is 4.53. The Labute approximate surface area is 151 Å². The van der Waals surface area contributed by atoms with E-state index in [1.807, 2.05) is 49.4 Å². The number of carbonyl (C=O) groups excluding carboxylic acids is 1. The lowest BCUT2D eigenvalue weighted by atomic mass is 10.1. The Morgan fingerprint density at radius 1 is 1.29 bits per heavy atom. The summed E-state index contributed by atoms with van der Waals surface area (Å²) in [6.45, 7) is 3.11. The van der Waals surface area contributed by atoms with Gasteiger partial charge in [0.1, 0.15) is 0 Å². The van der Waals surface area contributed by atoms with Gasteiger partial charge in [-0.15, -0.1) is 0 Å². The molecule has 110 valence electrons. The zero-order valence-corrected chi connectivity index (χ0v) is 15.9. The molecule has 0 saturated carbocycles. The molecule has 2 rings (SSSR count). The summed E-state index contributed by atoms with van der Waals surface area (Å²) in [5, 5.41) is 0.688. The number of amides is 1. The van der Waals surface area contributed by atoms with Crippen molar-refractivity contribution < 1.29 is 4.79 Å². The SMILES string of the molecule is CCN(Cc1ccccc1Cl)C(=O)c1cc(Br)ccc1I. The molecular weight excluding hydrogens is 464 g/mol. The summed E-state index contributed by atoms with van der Waals surface area (Å²) in [6.07, 6.45) is 0. The van der Waals surface area contributed by atoms with Gasteiger partial charge in [0, 0.05) is 26.2 Å². The van der Waals surface area contributed by atoms with Gasteiger partial charge >= 0.3 is 0 Å². The van der Waals surface area contributed by atoms with Gasteiger partial charge < -0.3 is 4.90 Å². The van der Waals surface area contributed by atoms with Gasteiger partial charge in [0.2, 0.25) is 0 Å². The van der Waals surface area contributed by atoms with E-state index in [-0.39, 0.29) is 5.91 Å². The molecule has 0 aliphatic carbocycles. The highest BCUT2D eigenvalue weighted by Gasteiger charge is 2.18. The molecule has 0 spiro atoms. The van der Waals surface area contributed by atoms with Crippen LogP contribution in [0.25, 0.3) is 0 Å². The van der Waals surface area contributed by atoms with Crippen molar-refractivity contribution in [3.63, 3.8) is 0 Å².